The summed E-state index contributed by atoms with van der Waals surface area (Å²) in [5.41, 5.74) is -2.07. The van der Waals surface area contributed by atoms with Crippen LogP contribution in [0.25, 0.3) is 0 Å². The molecule has 0 radical (unpaired) electrons. The van der Waals surface area contributed by atoms with E-state index in [9.17, 15) is 32.3 Å². The average molecular weight is 475 g/mol. The van der Waals surface area contributed by atoms with Crippen LogP contribution in [0.1, 0.15) is 37.7 Å². The van der Waals surface area contributed by atoms with Gasteiger partial charge in [0.15, 0.2) is 0 Å². The van der Waals surface area contributed by atoms with Gasteiger partial charge in [-0.15, -0.1) is 0 Å². The van der Waals surface area contributed by atoms with Gasteiger partial charge in [0.05, 0.1) is 17.1 Å². The van der Waals surface area contributed by atoms with Crippen LogP contribution in [-0.2, 0) is 20.6 Å². The summed E-state index contributed by atoms with van der Waals surface area (Å²) >= 11 is 5.55. The third-order valence-corrected chi connectivity index (χ3v) is 5.94. The Morgan fingerprint density at radius 2 is 1.91 bits per heavy atom. The molecule has 0 atom stereocenters. The Labute approximate surface area is 187 Å². The zero-order valence-corrected chi connectivity index (χ0v) is 18.0. The number of amides is 5. The lowest BCUT2D eigenvalue weighted by atomic mass is 9.98. The minimum absolute atomic E-state index is 0.117. The quantitative estimate of drug-likeness (QED) is 0.619. The summed E-state index contributed by atoms with van der Waals surface area (Å²) in [6.07, 6.45) is -2.03. The van der Waals surface area contributed by atoms with Gasteiger partial charge < -0.3 is 15.5 Å². The zero-order valence-electron chi connectivity index (χ0n) is 17.2. The second-order valence-corrected chi connectivity index (χ2v) is 8.32. The first-order chi connectivity index (χ1) is 14.9. The van der Waals surface area contributed by atoms with Gasteiger partial charge >= 0.3 is 12.2 Å². The van der Waals surface area contributed by atoms with Crippen LogP contribution in [0.3, 0.4) is 0 Å². The normalized spacial score (nSPS) is 17.6. The molecule has 2 fully saturated rings. The maximum atomic E-state index is 12.9. The second kappa shape index (κ2) is 8.97. The van der Waals surface area contributed by atoms with E-state index in [1.54, 1.807) is 0 Å². The van der Waals surface area contributed by atoms with Gasteiger partial charge in [0.1, 0.15) is 5.54 Å². The van der Waals surface area contributed by atoms with Crippen molar-refractivity contribution in [1.29, 1.82) is 0 Å². The fourth-order valence-electron chi connectivity index (χ4n) is 3.92. The Morgan fingerprint density at radius 1 is 1.25 bits per heavy atom. The van der Waals surface area contributed by atoms with Gasteiger partial charge in [-0.3, -0.25) is 19.3 Å². The molecule has 2 N–H and O–H groups in total. The Hall–Kier alpha value is -2.82. The van der Waals surface area contributed by atoms with E-state index in [1.165, 1.54) is 13.1 Å². The van der Waals surface area contributed by atoms with Crippen molar-refractivity contribution >= 4 is 41.0 Å². The maximum absolute atomic E-state index is 12.9. The molecule has 32 heavy (non-hydrogen) atoms. The van der Waals surface area contributed by atoms with Crippen LogP contribution >= 0.6 is 11.6 Å². The van der Waals surface area contributed by atoms with Crippen LogP contribution in [0, 0.1) is 0 Å². The minimum atomic E-state index is -4.68. The van der Waals surface area contributed by atoms with Crippen molar-refractivity contribution in [2.24, 2.45) is 0 Å². The summed E-state index contributed by atoms with van der Waals surface area (Å²) in [7, 11) is 1.34. The lowest BCUT2D eigenvalue weighted by Crippen LogP contribution is -2.44. The fourth-order valence-corrected chi connectivity index (χ4v) is 4.14. The molecule has 1 aliphatic carbocycles. The minimum Gasteiger partial charge on any atom is -0.336 e. The molecule has 1 saturated carbocycles. The third kappa shape index (κ3) is 4.98. The second-order valence-electron chi connectivity index (χ2n) is 7.92. The summed E-state index contributed by atoms with van der Waals surface area (Å²) in [5, 5.41) is 4.51. The third-order valence-electron chi connectivity index (χ3n) is 5.61. The number of halogens is 4. The topological polar surface area (TPSA) is 98.8 Å². The van der Waals surface area contributed by atoms with Gasteiger partial charge in [0.25, 0.3) is 5.91 Å². The highest BCUT2D eigenvalue weighted by Crippen LogP contribution is 2.36. The first-order valence-electron chi connectivity index (χ1n) is 9.98. The molecule has 5 amide bonds. The van der Waals surface area contributed by atoms with Crippen molar-refractivity contribution in [1.82, 2.24) is 15.1 Å². The first kappa shape index (κ1) is 23.8. The molecule has 0 unspecified atom stereocenters. The molecule has 3 rings (SSSR count). The van der Waals surface area contributed by atoms with E-state index < -0.39 is 46.7 Å². The number of nitrogens with zero attached hydrogens (tertiary/aromatic N) is 2. The number of hydrogen-bond acceptors (Lipinski definition) is 4. The molecule has 1 spiro atoms. The van der Waals surface area contributed by atoms with Crippen molar-refractivity contribution in [3.8, 4) is 0 Å². The largest absolute Gasteiger partial charge is 0.417 e. The van der Waals surface area contributed by atoms with Crippen molar-refractivity contribution < 1.29 is 32.3 Å². The van der Waals surface area contributed by atoms with Gasteiger partial charge in [-0.1, -0.05) is 24.4 Å². The SMILES string of the molecule is CN(CC(=O)Nc1ccc(Cl)c(C(F)(F)F)c1)C(=O)CCN1C(=O)NC2(CCCC2)C1=O. The Morgan fingerprint density at radius 3 is 2.53 bits per heavy atom. The average Bonchev–Trinajstić information content (AvgIpc) is 3.26. The molecule has 174 valence electrons. The van der Waals surface area contributed by atoms with Crippen LogP contribution in [0.5, 0.6) is 0 Å². The number of benzene rings is 1. The van der Waals surface area contributed by atoms with E-state index in [0.717, 1.165) is 28.7 Å². The van der Waals surface area contributed by atoms with E-state index in [-0.39, 0.29) is 24.6 Å². The van der Waals surface area contributed by atoms with Crippen LogP contribution in [0.2, 0.25) is 5.02 Å². The lowest BCUT2D eigenvalue weighted by Gasteiger charge is -2.21. The number of alkyl halides is 3. The van der Waals surface area contributed by atoms with Crippen LogP contribution in [0.4, 0.5) is 23.7 Å². The first-order valence-corrected chi connectivity index (χ1v) is 10.4. The maximum Gasteiger partial charge on any atom is 0.417 e. The van der Waals surface area contributed by atoms with E-state index >= 15 is 0 Å². The van der Waals surface area contributed by atoms with Gasteiger partial charge in [-0.2, -0.15) is 13.2 Å². The highest BCUT2D eigenvalue weighted by molar-refractivity contribution is 6.31. The van der Waals surface area contributed by atoms with E-state index in [1.807, 2.05) is 0 Å². The molecular formula is C20H22ClF3N4O4. The number of likely N-dealkylation sites (N-methyl/N-ethyl adjacent to an activating group) is 1. The summed E-state index contributed by atoms with van der Waals surface area (Å²) in [6, 6.07) is 2.41. The summed E-state index contributed by atoms with van der Waals surface area (Å²) in [5.74, 6) is -1.55. The number of nitrogens with one attached hydrogen (secondary N) is 2. The number of anilines is 1. The number of urea groups is 1. The monoisotopic (exact) mass is 474 g/mol. The predicted octanol–water partition coefficient (Wildman–Crippen LogP) is 3.01. The fraction of sp³-hybridized carbons (Fsp3) is 0.500. The molecule has 1 saturated heterocycles. The number of imide groups is 1. The molecule has 1 aliphatic heterocycles. The molecule has 0 bridgehead atoms. The molecule has 1 aromatic carbocycles. The Balaban J connectivity index is 1.52. The van der Waals surface area contributed by atoms with Crippen molar-refractivity contribution in [3.05, 3.63) is 28.8 Å². The van der Waals surface area contributed by atoms with Crippen LogP contribution in [-0.4, -0.2) is 59.2 Å². The van der Waals surface area contributed by atoms with Crippen molar-refractivity contribution in [2.75, 3.05) is 25.5 Å². The predicted molar refractivity (Wildman–Crippen MR) is 109 cm³/mol. The van der Waals surface area contributed by atoms with Gasteiger partial charge in [0, 0.05) is 25.7 Å². The van der Waals surface area contributed by atoms with Gasteiger partial charge in [-0.05, 0) is 31.0 Å². The van der Waals surface area contributed by atoms with E-state index in [0.29, 0.717) is 18.9 Å². The van der Waals surface area contributed by atoms with Crippen molar-refractivity contribution in [3.63, 3.8) is 0 Å². The number of hydrogen-bond donors (Lipinski definition) is 2. The molecule has 1 aromatic rings. The molecule has 0 aromatic heterocycles. The molecule has 12 heteroatoms. The number of carbonyl (C=O) groups excluding carboxylic acids is 4. The van der Waals surface area contributed by atoms with Crippen LogP contribution < -0.4 is 10.6 Å². The smallest absolute Gasteiger partial charge is 0.336 e. The van der Waals surface area contributed by atoms with Crippen LogP contribution in [0.15, 0.2) is 18.2 Å². The van der Waals surface area contributed by atoms with Gasteiger partial charge in [-0.25, -0.2) is 4.79 Å². The molecule has 1 heterocycles. The number of carbonyl (C=O) groups is 4. The van der Waals surface area contributed by atoms with E-state index in [2.05, 4.69) is 10.6 Å². The van der Waals surface area contributed by atoms with Gasteiger partial charge in [0.2, 0.25) is 11.8 Å². The Bertz CT molecular complexity index is 947. The number of rotatable bonds is 6. The Kier molecular flexibility index (Phi) is 6.68. The summed E-state index contributed by atoms with van der Waals surface area (Å²) < 4.78 is 38.8. The molecule has 2 aliphatic rings. The highest BCUT2D eigenvalue weighted by atomic mass is 35.5. The molecule has 8 nitrogen and oxygen atoms in total. The summed E-state index contributed by atoms with van der Waals surface area (Å²) in [4.78, 5) is 51.3. The summed E-state index contributed by atoms with van der Waals surface area (Å²) in [6.45, 7) is -0.545. The lowest BCUT2D eigenvalue weighted by molar-refractivity contribution is -0.137. The van der Waals surface area contributed by atoms with Crippen molar-refractivity contribution in [2.45, 2.75) is 43.8 Å². The standard InChI is InChI=1S/C20H22ClF3N4O4/c1-27(11-15(29)25-12-4-5-14(21)13(10-12)20(22,23)24)16(30)6-9-28-17(31)19(26-18(28)32)7-2-3-8-19/h4-5,10H,2-3,6-9,11H2,1H3,(H,25,29)(H,26,32). The molecular weight excluding hydrogens is 453 g/mol. The zero-order chi connectivity index (χ0) is 23.7. The highest BCUT2D eigenvalue weighted by Gasteiger charge is 2.52. The van der Waals surface area contributed by atoms with E-state index in [4.69, 9.17) is 11.6 Å².